The van der Waals surface area contributed by atoms with Crippen LogP contribution in [0.25, 0.3) is 0 Å². The topological polar surface area (TPSA) is 112 Å². The van der Waals surface area contributed by atoms with Gasteiger partial charge in [-0.3, -0.25) is 4.18 Å². The Kier molecular flexibility index (Phi) is 8.37. The van der Waals surface area contributed by atoms with Crippen molar-refractivity contribution in [2.24, 2.45) is 0 Å². The number of nitrogens with one attached hydrogen (secondary N) is 1. The lowest BCUT2D eigenvalue weighted by molar-refractivity contribution is 0.0484. The quantitative estimate of drug-likeness (QED) is 0.378. The van der Waals surface area contributed by atoms with E-state index < -0.39 is 39.0 Å². The lowest BCUT2D eigenvalue weighted by Gasteiger charge is -2.21. The number of rotatable bonds is 8. The average molecular weight is 346 g/mol. The highest BCUT2D eigenvalue weighted by Crippen LogP contribution is 2.07. The van der Waals surface area contributed by atoms with Gasteiger partial charge in [0.15, 0.2) is 6.61 Å². The van der Waals surface area contributed by atoms with Crippen molar-refractivity contribution in [3.05, 3.63) is 0 Å². The zero-order chi connectivity index (χ0) is 16.7. The maximum absolute atomic E-state index is 11.5. The summed E-state index contributed by atoms with van der Waals surface area (Å²) in [7, 11) is -3.67. The van der Waals surface area contributed by atoms with Crippen LogP contribution in [-0.2, 0) is 30.1 Å². The van der Waals surface area contributed by atoms with Gasteiger partial charge >= 0.3 is 6.09 Å². The number of hydrogen-bond donors (Lipinski definition) is 1. The summed E-state index contributed by atoms with van der Waals surface area (Å²) in [5, 5.41) is 2.43. The third-order valence-electron chi connectivity index (χ3n) is 1.91. The molecule has 0 rings (SSSR count). The zero-order valence-corrected chi connectivity index (χ0v) is 14.5. The van der Waals surface area contributed by atoms with Crippen LogP contribution in [0, 0.1) is 0 Å². The minimum absolute atomic E-state index is 0.0478. The number of alkyl carbamates (subject to hydrolysis) is 1. The average Bonchev–Trinajstić information content (AvgIpc) is 2.20. The maximum Gasteiger partial charge on any atom is 0.407 e. The van der Waals surface area contributed by atoms with Crippen LogP contribution in [0.5, 0.6) is 0 Å². The van der Waals surface area contributed by atoms with Crippen molar-refractivity contribution in [2.45, 2.75) is 38.9 Å². The summed E-state index contributed by atoms with van der Waals surface area (Å²) in [5.41, 5.74) is -0.647. The molecule has 0 aliphatic carbocycles. The molecule has 2 unspecified atom stereocenters. The molecule has 0 fully saturated rings. The van der Waals surface area contributed by atoms with Gasteiger partial charge in [-0.1, -0.05) is 0 Å². The highest BCUT2D eigenvalue weighted by Gasteiger charge is 2.21. The molecule has 0 spiro atoms. The Morgan fingerprint density at radius 3 is 2.38 bits per heavy atom. The molecule has 0 aromatic carbocycles. The second-order valence-electron chi connectivity index (χ2n) is 5.37. The van der Waals surface area contributed by atoms with Crippen LogP contribution >= 0.6 is 0 Å². The second-order valence-corrected chi connectivity index (χ2v) is 8.08. The van der Waals surface area contributed by atoms with Gasteiger partial charge in [0.25, 0.3) is 21.2 Å². The summed E-state index contributed by atoms with van der Waals surface area (Å²) < 4.78 is 46.8. The van der Waals surface area contributed by atoms with Gasteiger partial charge in [-0.2, -0.15) is 12.6 Å². The fourth-order valence-corrected chi connectivity index (χ4v) is 2.29. The second kappa shape index (κ2) is 8.66. The molecule has 1 amide bonds. The molecule has 0 saturated heterocycles. The first-order valence-electron chi connectivity index (χ1n) is 6.25. The first kappa shape index (κ1) is 20.3. The van der Waals surface area contributed by atoms with Crippen LogP contribution in [-0.4, -0.2) is 60.3 Å². The molecule has 0 bridgehead atoms. The number of carbonyl (C=O) groups is 1. The smallest absolute Gasteiger partial charge is 0.407 e. The molecule has 0 aliphatic heterocycles. The van der Waals surface area contributed by atoms with E-state index in [1.165, 1.54) is 6.26 Å². The van der Waals surface area contributed by atoms with Crippen LogP contribution in [0.4, 0.5) is 4.79 Å². The van der Waals surface area contributed by atoms with E-state index in [1.54, 1.807) is 20.8 Å². The van der Waals surface area contributed by atoms with Crippen molar-refractivity contribution < 1.29 is 30.5 Å². The van der Waals surface area contributed by atoms with Crippen molar-refractivity contribution in [1.82, 2.24) is 5.32 Å². The van der Waals surface area contributed by atoms with Gasteiger partial charge in [-0.05, 0) is 20.8 Å². The van der Waals surface area contributed by atoms with Crippen LogP contribution in [0.15, 0.2) is 0 Å². The SMILES string of the molecule is CS(=O)[OH+]CCC(CNC(=O)OC(C)(C)C)OS(C)(=O)=O. The number of carbonyl (C=O) groups excluding carboxylic acids is 1. The number of aliphatic hydroxyl groups is 1. The molecule has 2 atom stereocenters. The molecule has 0 aromatic heterocycles. The predicted octanol–water partition coefficient (Wildman–Crippen LogP) is 0.0675. The first-order chi connectivity index (χ1) is 9.39. The molecule has 0 heterocycles. The third kappa shape index (κ3) is 14.0. The number of amides is 1. The molecule has 8 nitrogen and oxygen atoms in total. The van der Waals surface area contributed by atoms with Gasteiger partial charge in [0.1, 0.15) is 11.7 Å². The molecule has 21 heavy (non-hydrogen) atoms. The van der Waals surface area contributed by atoms with Crippen LogP contribution in [0.2, 0.25) is 0 Å². The van der Waals surface area contributed by atoms with Crippen molar-refractivity contribution in [2.75, 3.05) is 25.7 Å². The van der Waals surface area contributed by atoms with E-state index in [4.69, 9.17) is 8.92 Å². The molecule has 126 valence electrons. The monoisotopic (exact) mass is 346 g/mol. The molecular weight excluding hydrogens is 322 g/mol. The summed E-state index contributed by atoms with van der Waals surface area (Å²) in [6.45, 7) is 5.26. The van der Waals surface area contributed by atoms with Crippen molar-refractivity contribution >= 4 is 27.3 Å². The number of hydrogen-bond acceptors (Lipinski definition) is 6. The van der Waals surface area contributed by atoms with Crippen LogP contribution in [0.1, 0.15) is 27.2 Å². The highest BCUT2D eigenvalue weighted by molar-refractivity contribution is 7.86. The third-order valence-corrected chi connectivity index (χ3v) is 3.08. The van der Waals surface area contributed by atoms with Gasteiger partial charge < -0.3 is 14.2 Å². The number of ether oxygens (including phenoxy) is 1. The minimum atomic E-state index is -3.67. The van der Waals surface area contributed by atoms with Crippen molar-refractivity contribution in [3.8, 4) is 0 Å². The van der Waals surface area contributed by atoms with Gasteiger partial charge in [0.2, 0.25) is 0 Å². The van der Waals surface area contributed by atoms with Gasteiger partial charge in [0, 0.05) is 13.0 Å². The summed E-state index contributed by atoms with van der Waals surface area (Å²) in [5.74, 6) is 0. The summed E-state index contributed by atoms with van der Waals surface area (Å²) in [4.78, 5) is 11.5. The first-order valence-corrected chi connectivity index (χ1v) is 9.58. The molecule has 0 aliphatic rings. The van der Waals surface area contributed by atoms with E-state index in [2.05, 4.69) is 9.50 Å². The van der Waals surface area contributed by atoms with E-state index in [1.807, 2.05) is 0 Å². The Hall–Kier alpha value is -0.710. The van der Waals surface area contributed by atoms with E-state index in [9.17, 15) is 17.4 Å². The standard InChI is InChI=1S/C11H23NO7S2/c1-11(2,3)18-10(13)12-8-9(19-21(5,15)16)6-7-17-20(4)14/h9H,6-8H2,1-5H3,(H,12,13)/p+1. The molecular formula is C11H24NO7S2+. The van der Waals surface area contributed by atoms with Gasteiger partial charge in [-0.15, -0.1) is 0 Å². The Bertz CT molecular complexity index is 456. The summed E-state index contributed by atoms with van der Waals surface area (Å²) in [6, 6.07) is 0. The normalized spacial score (nSPS) is 15.3. The van der Waals surface area contributed by atoms with E-state index in [-0.39, 0.29) is 19.6 Å². The Balaban J connectivity index is 4.39. The van der Waals surface area contributed by atoms with Crippen molar-refractivity contribution in [3.63, 3.8) is 0 Å². The fraction of sp³-hybridized carbons (Fsp3) is 0.909. The largest absolute Gasteiger partial charge is 0.444 e. The highest BCUT2D eigenvalue weighted by atomic mass is 32.2. The fourth-order valence-electron chi connectivity index (χ4n) is 1.27. The molecule has 0 saturated carbocycles. The van der Waals surface area contributed by atoms with Gasteiger partial charge in [-0.25, -0.2) is 4.79 Å². The van der Waals surface area contributed by atoms with Crippen LogP contribution < -0.4 is 5.32 Å². The van der Waals surface area contributed by atoms with Crippen molar-refractivity contribution in [1.29, 1.82) is 0 Å². The zero-order valence-electron chi connectivity index (χ0n) is 12.9. The van der Waals surface area contributed by atoms with Gasteiger partial charge in [0.05, 0.1) is 12.5 Å². The minimum Gasteiger partial charge on any atom is -0.444 e. The lowest BCUT2D eigenvalue weighted by Crippen LogP contribution is -2.39. The predicted molar refractivity (Wildman–Crippen MR) is 79.7 cm³/mol. The van der Waals surface area contributed by atoms with E-state index in [0.29, 0.717) is 0 Å². The molecule has 0 radical (unpaired) electrons. The van der Waals surface area contributed by atoms with Crippen LogP contribution in [0.3, 0.4) is 0 Å². The maximum atomic E-state index is 11.5. The Labute approximate surface area is 128 Å². The molecule has 0 aromatic rings. The molecule has 2 N–H and O–H groups in total. The van der Waals surface area contributed by atoms with E-state index in [0.717, 1.165) is 6.26 Å². The summed E-state index contributed by atoms with van der Waals surface area (Å²) in [6.07, 6.45) is 1.08. The van der Waals surface area contributed by atoms with E-state index >= 15 is 0 Å². The lowest BCUT2D eigenvalue weighted by atomic mass is 10.2. The Morgan fingerprint density at radius 2 is 1.95 bits per heavy atom. The molecule has 10 heteroatoms. The Morgan fingerprint density at radius 1 is 1.38 bits per heavy atom. The summed E-state index contributed by atoms with van der Waals surface area (Å²) >= 11 is -1.32.